The van der Waals surface area contributed by atoms with E-state index < -0.39 is 0 Å². The number of carbonyl (C=O) groups excluding carboxylic acids is 3. The average molecular weight is 301 g/mol. The minimum Gasteiger partial charge on any atom is -0.448 e. The Bertz CT molecular complexity index is 387. The summed E-state index contributed by atoms with van der Waals surface area (Å²) in [7, 11) is 0. The molecule has 0 unspecified atom stereocenters. The SMILES string of the molecule is O=C(CSCC(=O)NC1CC1)NCCN1CCOC1=O. The Morgan fingerprint density at radius 3 is 2.70 bits per heavy atom. The maximum atomic E-state index is 11.5. The van der Waals surface area contributed by atoms with E-state index in [-0.39, 0.29) is 23.7 Å². The minimum atomic E-state index is -0.328. The highest BCUT2D eigenvalue weighted by Crippen LogP contribution is 2.18. The Morgan fingerprint density at radius 1 is 1.30 bits per heavy atom. The van der Waals surface area contributed by atoms with Gasteiger partial charge >= 0.3 is 6.09 Å². The van der Waals surface area contributed by atoms with Crippen molar-refractivity contribution >= 4 is 29.7 Å². The molecule has 0 aromatic carbocycles. The molecule has 2 aliphatic rings. The number of nitrogens with one attached hydrogen (secondary N) is 2. The monoisotopic (exact) mass is 301 g/mol. The number of nitrogens with zero attached hydrogens (tertiary/aromatic N) is 1. The molecular formula is C12H19N3O4S. The number of carbonyl (C=O) groups is 3. The topological polar surface area (TPSA) is 87.7 Å². The Labute approximate surface area is 121 Å². The normalized spacial score (nSPS) is 17.8. The second-order valence-corrected chi connectivity index (χ2v) is 5.77. The van der Waals surface area contributed by atoms with Gasteiger partial charge in [0.25, 0.3) is 0 Å². The van der Waals surface area contributed by atoms with Crippen LogP contribution in [-0.2, 0) is 14.3 Å². The third kappa shape index (κ3) is 5.28. The van der Waals surface area contributed by atoms with E-state index in [1.165, 1.54) is 11.8 Å². The number of rotatable bonds is 8. The molecule has 3 amide bonds. The van der Waals surface area contributed by atoms with Crippen molar-refractivity contribution in [2.75, 3.05) is 37.7 Å². The van der Waals surface area contributed by atoms with Crippen molar-refractivity contribution in [3.05, 3.63) is 0 Å². The fraction of sp³-hybridized carbons (Fsp3) is 0.750. The second-order valence-electron chi connectivity index (χ2n) is 4.79. The zero-order valence-corrected chi connectivity index (χ0v) is 12.0. The van der Waals surface area contributed by atoms with Gasteiger partial charge in [0.15, 0.2) is 0 Å². The van der Waals surface area contributed by atoms with Crippen LogP contribution in [0.5, 0.6) is 0 Å². The third-order valence-corrected chi connectivity index (χ3v) is 3.89. The molecule has 8 heteroatoms. The van der Waals surface area contributed by atoms with E-state index in [0.29, 0.717) is 38.0 Å². The number of cyclic esters (lactones) is 1. The van der Waals surface area contributed by atoms with Crippen molar-refractivity contribution in [1.82, 2.24) is 15.5 Å². The first kappa shape index (κ1) is 15.0. The summed E-state index contributed by atoms with van der Waals surface area (Å²) in [6.45, 7) is 1.85. The van der Waals surface area contributed by atoms with Crippen LogP contribution in [-0.4, -0.2) is 66.6 Å². The summed E-state index contributed by atoms with van der Waals surface area (Å²) in [5.74, 6) is 0.428. The summed E-state index contributed by atoms with van der Waals surface area (Å²) in [5, 5.41) is 5.58. The highest BCUT2D eigenvalue weighted by Gasteiger charge is 2.23. The van der Waals surface area contributed by atoms with Crippen molar-refractivity contribution in [3.8, 4) is 0 Å². The summed E-state index contributed by atoms with van der Waals surface area (Å²) in [5.41, 5.74) is 0. The lowest BCUT2D eigenvalue weighted by Gasteiger charge is -2.12. The van der Waals surface area contributed by atoms with Crippen LogP contribution < -0.4 is 10.6 Å². The molecular weight excluding hydrogens is 282 g/mol. The molecule has 0 aromatic heterocycles. The van der Waals surface area contributed by atoms with Gasteiger partial charge < -0.3 is 20.3 Å². The van der Waals surface area contributed by atoms with E-state index >= 15 is 0 Å². The van der Waals surface area contributed by atoms with Gasteiger partial charge in [0, 0.05) is 19.1 Å². The van der Waals surface area contributed by atoms with Gasteiger partial charge in [0.1, 0.15) is 6.61 Å². The molecule has 0 radical (unpaired) electrons. The van der Waals surface area contributed by atoms with Gasteiger partial charge in [-0.2, -0.15) is 0 Å². The molecule has 0 aromatic rings. The van der Waals surface area contributed by atoms with Gasteiger partial charge in [-0.1, -0.05) is 0 Å². The fourth-order valence-corrected chi connectivity index (χ4v) is 2.40. The molecule has 1 saturated heterocycles. The predicted octanol–water partition coefficient (Wildman–Crippen LogP) is -0.433. The van der Waals surface area contributed by atoms with Crippen molar-refractivity contribution in [3.63, 3.8) is 0 Å². The maximum Gasteiger partial charge on any atom is 0.409 e. The molecule has 1 aliphatic heterocycles. The molecule has 112 valence electrons. The molecule has 0 bridgehead atoms. The Hall–Kier alpha value is -1.44. The number of hydrogen-bond donors (Lipinski definition) is 2. The van der Waals surface area contributed by atoms with Crippen LogP contribution in [0.25, 0.3) is 0 Å². The molecule has 2 fully saturated rings. The highest BCUT2D eigenvalue weighted by molar-refractivity contribution is 8.00. The molecule has 1 heterocycles. The van der Waals surface area contributed by atoms with E-state index in [2.05, 4.69) is 10.6 Å². The Kier molecular flexibility index (Phi) is 5.51. The average Bonchev–Trinajstić information content (AvgIpc) is 3.12. The lowest BCUT2D eigenvalue weighted by molar-refractivity contribution is -0.119. The van der Waals surface area contributed by atoms with Gasteiger partial charge in [0.05, 0.1) is 18.1 Å². The molecule has 1 aliphatic carbocycles. The van der Waals surface area contributed by atoms with Gasteiger partial charge in [-0.25, -0.2) is 4.79 Å². The van der Waals surface area contributed by atoms with E-state index in [1.807, 2.05) is 0 Å². The Morgan fingerprint density at radius 2 is 2.05 bits per heavy atom. The van der Waals surface area contributed by atoms with E-state index in [0.717, 1.165) is 12.8 Å². The first-order valence-corrected chi connectivity index (χ1v) is 7.86. The van der Waals surface area contributed by atoms with Crippen LogP contribution >= 0.6 is 11.8 Å². The first-order chi connectivity index (χ1) is 9.65. The minimum absolute atomic E-state index is 0.00916. The lowest BCUT2D eigenvalue weighted by Crippen LogP contribution is -2.36. The highest BCUT2D eigenvalue weighted by atomic mass is 32.2. The van der Waals surface area contributed by atoms with Crippen LogP contribution in [0.4, 0.5) is 4.79 Å². The quantitative estimate of drug-likeness (QED) is 0.635. The standard InChI is InChI=1S/C12H19N3O4S/c16-10(7-20-8-11(17)14-9-1-2-9)13-3-4-15-5-6-19-12(15)18/h9H,1-8H2,(H,13,16)(H,14,17). The van der Waals surface area contributed by atoms with Crippen LogP contribution in [0.2, 0.25) is 0 Å². The molecule has 20 heavy (non-hydrogen) atoms. The second kappa shape index (κ2) is 7.37. The smallest absolute Gasteiger partial charge is 0.409 e. The summed E-state index contributed by atoms with van der Waals surface area (Å²) >= 11 is 1.29. The number of thioether (sulfide) groups is 1. The van der Waals surface area contributed by atoms with Gasteiger partial charge in [0.2, 0.25) is 11.8 Å². The number of amides is 3. The first-order valence-electron chi connectivity index (χ1n) is 6.70. The fourth-order valence-electron chi connectivity index (χ4n) is 1.74. The molecule has 0 spiro atoms. The largest absolute Gasteiger partial charge is 0.448 e. The predicted molar refractivity (Wildman–Crippen MR) is 74.4 cm³/mol. The molecule has 1 saturated carbocycles. The van der Waals surface area contributed by atoms with Crippen molar-refractivity contribution in [2.45, 2.75) is 18.9 Å². The summed E-state index contributed by atoms with van der Waals surface area (Å²) in [6.07, 6.45) is 1.80. The van der Waals surface area contributed by atoms with E-state index in [9.17, 15) is 14.4 Å². The van der Waals surface area contributed by atoms with E-state index in [1.54, 1.807) is 4.90 Å². The zero-order chi connectivity index (χ0) is 14.4. The molecule has 0 atom stereocenters. The summed E-state index contributed by atoms with van der Waals surface area (Å²) in [6, 6.07) is 0.358. The van der Waals surface area contributed by atoms with Crippen molar-refractivity contribution in [2.24, 2.45) is 0 Å². The summed E-state index contributed by atoms with van der Waals surface area (Å²) in [4.78, 5) is 35.6. The molecule has 7 nitrogen and oxygen atoms in total. The van der Waals surface area contributed by atoms with Crippen LogP contribution in [0.1, 0.15) is 12.8 Å². The molecule has 2 rings (SSSR count). The third-order valence-electron chi connectivity index (χ3n) is 2.96. The van der Waals surface area contributed by atoms with Gasteiger partial charge in [-0.3, -0.25) is 9.59 Å². The molecule has 2 N–H and O–H groups in total. The van der Waals surface area contributed by atoms with Crippen molar-refractivity contribution in [1.29, 1.82) is 0 Å². The van der Waals surface area contributed by atoms with Gasteiger partial charge in [-0.15, -0.1) is 11.8 Å². The maximum absolute atomic E-state index is 11.5. The van der Waals surface area contributed by atoms with Crippen LogP contribution in [0.3, 0.4) is 0 Å². The number of hydrogen-bond acceptors (Lipinski definition) is 5. The van der Waals surface area contributed by atoms with E-state index in [4.69, 9.17) is 4.74 Å². The van der Waals surface area contributed by atoms with Crippen LogP contribution in [0, 0.1) is 0 Å². The summed E-state index contributed by atoms with van der Waals surface area (Å²) < 4.78 is 4.78. The van der Waals surface area contributed by atoms with Crippen molar-refractivity contribution < 1.29 is 19.1 Å². The zero-order valence-electron chi connectivity index (χ0n) is 11.2. The van der Waals surface area contributed by atoms with Gasteiger partial charge in [-0.05, 0) is 12.8 Å². The number of ether oxygens (including phenoxy) is 1. The lowest BCUT2D eigenvalue weighted by atomic mass is 10.5. The van der Waals surface area contributed by atoms with Crippen LogP contribution in [0.15, 0.2) is 0 Å². The Balaban J connectivity index is 1.47.